The summed E-state index contributed by atoms with van der Waals surface area (Å²) in [6, 6.07) is 0. The van der Waals surface area contributed by atoms with Crippen LogP contribution in [0.1, 0.15) is 0 Å². The van der Waals surface area contributed by atoms with Crippen LogP contribution >= 0.6 is 0 Å². The molecule has 12 heavy (non-hydrogen) atoms. The number of carbonyl (C=O) groups excluding carboxylic acids is 2. The molecule has 0 atom stereocenters. The van der Waals surface area contributed by atoms with Crippen molar-refractivity contribution in [2.45, 2.75) is 0 Å². The Hall–Kier alpha value is -0.0486. The van der Waals surface area contributed by atoms with Crippen molar-refractivity contribution >= 4 is 60.8 Å². The van der Waals surface area contributed by atoms with Gasteiger partial charge in [0.05, 0.1) is 11.9 Å². The molecule has 0 aliphatic carbocycles. The molecule has 0 heterocycles. The van der Waals surface area contributed by atoms with Gasteiger partial charge in [-0.2, -0.15) is 0 Å². The number of rotatable bonds is 2. The minimum absolute atomic E-state index is 0. The van der Waals surface area contributed by atoms with E-state index in [1.54, 1.807) is 0 Å². The van der Waals surface area contributed by atoms with E-state index in [0.717, 1.165) is 12.2 Å². The minimum atomic E-state index is -1.23. The Morgan fingerprint density at radius 1 is 1.00 bits per heavy atom. The molecule has 0 aromatic carbocycles. The zero-order valence-electron chi connectivity index (χ0n) is 6.41. The minimum Gasteiger partial charge on any atom is -0.545 e. The van der Waals surface area contributed by atoms with Gasteiger partial charge in [-0.3, -0.25) is 0 Å². The van der Waals surface area contributed by atoms with Gasteiger partial charge in [-0.25, -0.2) is 0 Å². The van der Waals surface area contributed by atoms with E-state index in [1.165, 1.54) is 0 Å². The molecular weight excluding hydrogens is 289 g/mol. The first kappa shape index (κ1) is 22.7. The summed E-state index contributed by atoms with van der Waals surface area (Å²) in [6.07, 6.45) is 1.44. The van der Waals surface area contributed by atoms with Crippen LogP contribution in [-0.2, 0) is 9.59 Å². The molecule has 5 nitrogen and oxygen atoms in total. The summed E-state index contributed by atoms with van der Waals surface area (Å²) in [5, 5.41) is 18.3. The molecule has 0 saturated carbocycles. The predicted molar refractivity (Wildman–Crippen MR) is 39.8 cm³/mol. The van der Waals surface area contributed by atoms with E-state index >= 15 is 0 Å². The van der Waals surface area contributed by atoms with Gasteiger partial charge < -0.3 is 25.3 Å². The first-order valence-electron chi connectivity index (χ1n) is 2.21. The molecule has 0 fully saturated rings. The number of carbonyl (C=O) groups is 2. The Morgan fingerprint density at radius 3 is 1.08 bits per heavy atom. The average Bonchev–Trinajstić information content (AvgIpc) is 1.89. The third-order valence-corrected chi connectivity index (χ3v) is 0.333. The third-order valence-electron chi connectivity index (χ3n) is 0.333. The van der Waals surface area contributed by atoms with E-state index < -0.39 is 11.9 Å². The van der Waals surface area contributed by atoms with Gasteiger partial charge in [0.25, 0.3) is 0 Å². The van der Waals surface area contributed by atoms with Crippen molar-refractivity contribution in [1.29, 1.82) is 0 Å². The quantitative estimate of drug-likeness (QED) is 0.391. The summed E-state index contributed by atoms with van der Waals surface area (Å²) in [4.78, 5) is 18.3. The number of hydrogen-bond donors (Lipinski definition) is 0. The molecule has 0 saturated heterocycles. The van der Waals surface area contributed by atoms with Crippen LogP contribution in [0.2, 0.25) is 0 Å². The van der Waals surface area contributed by atoms with Gasteiger partial charge in [0.15, 0.2) is 0 Å². The summed E-state index contributed by atoms with van der Waals surface area (Å²) >= 11 is 0. The van der Waals surface area contributed by atoms with E-state index in [4.69, 9.17) is 19.8 Å². The van der Waals surface area contributed by atoms with Crippen LogP contribution in [0.4, 0.5) is 0 Å². The van der Waals surface area contributed by atoms with E-state index in [0.29, 0.717) is 0 Å². The Labute approximate surface area is 110 Å². The Morgan fingerprint density at radius 2 is 1.08 bits per heavy atom. The number of aliphatic carboxylic acids is 2. The summed E-state index contributed by atoms with van der Waals surface area (Å²) in [5.74, 6) is -2.46. The normalized spacial score (nSPS) is 5.33. The van der Waals surface area contributed by atoms with Crippen molar-refractivity contribution in [2.75, 3.05) is 0 Å². The summed E-state index contributed by atoms with van der Waals surface area (Å²) in [7, 11) is 0. The SMILES string of the molecule is C=CC(=O)[O-].C=CC(=O)[O-].O.[Ba+2]. The van der Waals surface area contributed by atoms with Gasteiger partial charge in [-0.1, -0.05) is 13.2 Å². The molecule has 0 bridgehead atoms. The maximum absolute atomic E-state index is 9.14. The van der Waals surface area contributed by atoms with Crippen LogP contribution in [0, 0.1) is 0 Å². The van der Waals surface area contributed by atoms with Crippen molar-refractivity contribution in [2.24, 2.45) is 0 Å². The van der Waals surface area contributed by atoms with Crippen molar-refractivity contribution in [3.05, 3.63) is 25.3 Å². The monoisotopic (exact) mass is 298 g/mol. The van der Waals surface area contributed by atoms with Gasteiger partial charge >= 0.3 is 48.9 Å². The Bertz CT molecular complexity index is 136. The molecule has 0 spiro atoms. The smallest absolute Gasteiger partial charge is 0.545 e. The molecule has 64 valence electrons. The van der Waals surface area contributed by atoms with Gasteiger partial charge in [0.1, 0.15) is 0 Å². The number of hydrogen-bond acceptors (Lipinski definition) is 4. The molecule has 0 radical (unpaired) electrons. The molecule has 0 aromatic rings. The average molecular weight is 297 g/mol. The first-order valence-corrected chi connectivity index (χ1v) is 2.21. The van der Waals surface area contributed by atoms with Gasteiger partial charge in [0, 0.05) is 0 Å². The molecule has 0 aromatic heterocycles. The van der Waals surface area contributed by atoms with Crippen LogP contribution in [0.5, 0.6) is 0 Å². The predicted octanol–water partition coefficient (Wildman–Crippen LogP) is -3.36. The fraction of sp³-hybridized carbons (Fsp3) is 0. The van der Waals surface area contributed by atoms with Crippen molar-refractivity contribution in [3.63, 3.8) is 0 Å². The van der Waals surface area contributed by atoms with Gasteiger partial charge in [-0.15, -0.1) is 0 Å². The molecule has 6 heteroatoms. The Balaban J connectivity index is -0.0000000457. The molecule has 0 aliphatic rings. The molecule has 0 amide bonds. The maximum Gasteiger partial charge on any atom is 2.00 e. The maximum atomic E-state index is 9.14. The molecular formula is C6H8BaO5. The van der Waals surface area contributed by atoms with Crippen LogP contribution < -0.4 is 10.2 Å². The van der Waals surface area contributed by atoms with Crippen LogP contribution in [0.15, 0.2) is 25.3 Å². The summed E-state index contributed by atoms with van der Waals surface area (Å²) in [5.41, 5.74) is 0. The molecule has 2 N–H and O–H groups in total. The summed E-state index contributed by atoms with van der Waals surface area (Å²) < 4.78 is 0. The van der Waals surface area contributed by atoms with E-state index in [9.17, 15) is 0 Å². The fourth-order valence-electron chi connectivity index (χ4n) is 0. The van der Waals surface area contributed by atoms with E-state index in [-0.39, 0.29) is 54.4 Å². The van der Waals surface area contributed by atoms with Gasteiger partial charge in [-0.05, 0) is 12.2 Å². The van der Waals surface area contributed by atoms with Gasteiger partial charge in [0.2, 0.25) is 0 Å². The zero-order valence-corrected chi connectivity index (χ0v) is 10.8. The molecule has 0 unspecified atom stereocenters. The van der Waals surface area contributed by atoms with E-state index in [1.807, 2.05) is 0 Å². The standard InChI is InChI=1S/2C3H4O2.Ba.H2O/c2*1-2-3(4)5;;/h2*2H,1H2,(H,4,5);;1H2/q;;+2;/p-2. The van der Waals surface area contributed by atoms with Crippen molar-refractivity contribution in [1.82, 2.24) is 0 Å². The second-order valence-electron chi connectivity index (χ2n) is 1.05. The second-order valence-corrected chi connectivity index (χ2v) is 1.05. The number of carboxylic acid groups (broad SMARTS) is 2. The molecule has 0 aliphatic heterocycles. The van der Waals surface area contributed by atoms with Crippen molar-refractivity contribution < 1.29 is 25.3 Å². The fourth-order valence-corrected chi connectivity index (χ4v) is 0. The van der Waals surface area contributed by atoms with Crippen LogP contribution in [0.3, 0.4) is 0 Å². The largest absolute Gasteiger partial charge is 2.00 e. The van der Waals surface area contributed by atoms with E-state index in [2.05, 4.69) is 13.2 Å². The number of carboxylic acids is 2. The first-order chi connectivity index (χ1) is 4.54. The summed E-state index contributed by atoms with van der Waals surface area (Å²) in [6.45, 7) is 5.80. The van der Waals surface area contributed by atoms with Crippen molar-refractivity contribution in [3.8, 4) is 0 Å². The molecule has 0 rings (SSSR count). The Kier molecular flexibility index (Phi) is 32.4. The second kappa shape index (κ2) is 17.2. The van der Waals surface area contributed by atoms with Crippen LogP contribution in [-0.4, -0.2) is 66.3 Å². The third kappa shape index (κ3) is 51.1. The zero-order chi connectivity index (χ0) is 8.57. The van der Waals surface area contributed by atoms with Crippen LogP contribution in [0.25, 0.3) is 0 Å². The topological polar surface area (TPSA) is 112 Å².